The molecule has 0 bridgehead atoms. The smallest absolute Gasteiger partial charge is 0.322 e. The van der Waals surface area contributed by atoms with E-state index >= 15 is 0 Å². The number of hydrogen-bond acceptors (Lipinski definition) is 6. The molecule has 0 spiro atoms. The third-order valence-corrected chi connectivity index (χ3v) is 3.12. The van der Waals surface area contributed by atoms with Gasteiger partial charge >= 0.3 is 6.01 Å². The topological polar surface area (TPSA) is 77.0 Å². The molecule has 0 aliphatic carbocycles. The molecular formula is C11H19ClN4O2S. The van der Waals surface area contributed by atoms with Gasteiger partial charge in [-0.05, 0) is 38.8 Å². The van der Waals surface area contributed by atoms with Crippen molar-refractivity contribution in [3.63, 3.8) is 0 Å². The Kier molecular flexibility index (Phi) is 6.44. The van der Waals surface area contributed by atoms with Gasteiger partial charge in [0.05, 0.1) is 6.10 Å². The first-order valence-corrected chi connectivity index (χ1v) is 8.12. The molecule has 2 unspecified atom stereocenters. The maximum absolute atomic E-state index is 11.0. The van der Waals surface area contributed by atoms with E-state index in [1.54, 1.807) is 6.26 Å². The fraction of sp³-hybridized carbons (Fsp3) is 0.727. The van der Waals surface area contributed by atoms with Gasteiger partial charge in [0.1, 0.15) is 0 Å². The zero-order valence-corrected chi connectivity index (χ0v) is 13.1. The lowest BCUT2D eigenvalue weighted by molar-refractivity contribution is 0.222. The van der Waals surface area contributed by atoms with Crippen molar-refractivity contribution in [1.29, 1.82) is 0 Å². The molecule has 6 nitrogen and oxygen atoms in total. The van der Waals surface area contributed by atoms with Crippen LogP contribution in [0.3, 0.4) is 0 Å². The molecule has 1 aromatic rings. The molecule has 1 N–H and O–H groups in total. The number of halogens is 1. The van der Waals surface area contributed by atoms with Gasteiger partial charge in [0.15, 0.2) is 0 Å². The van der Waals surface area contributed by atoms with E-state index in [0.29, 0.717) is 11.7 Å². The van der Waals surface area contributed by atoms with Gasteiger partial charge in [0, 0.05) is 28.9 Å². The van der Waals surface area contributed by atoms with Crippen molar-refractivity contribution in [3.05, 3.63) is 5.28 Å². The number of nitrogens with one attached hydrogen (secondary N) is 1. The van der Waals surface area contributed by atoms with Crippen LogP contribution in [0.5, 0.6) is 6.01 Å². The van der Waals surface area contributed by atoms with Gasteiger partial charge < -0.3 is 10.1 Å². The van der Waals surface area contributed by atoms with E-state index in [1.165, 1.54) is 0 Å². The normalized spacial score (nSPS) is 14.2. The van der Waals surface area contributed by atoms with Gasteiger partial charge in [-0.15, -0.1) is 0 Å². The van der Waals surface area contributed by atoms with Crippen molar-refractivity contribution >= 4 is 28.3 Å². The third-order valence-electron chi connectivity index (χ3n) is 2.14. The van der Waals surface area contributed by atoms with Crippen molar-refractivity contribution in [1.82, 2.24) is 15.0 Å². The maximum Gasteiger partial charge on any atom is 0.322 e. The first-order chi connectivity index (χ1) is 8.86. The Bertz CT molecular complexity index is 445. The average Bonchev–Trinajstić information content (AvgIpc) is 2.24. The summed E-state index contributed by atoms with van der Waals surface area (Å²) in [5.74, 6) is 0.993. The number of ether oxygens (including phenoxy) is 1. The first kappa shape index (κ1) is 16.1. The van der Waals surface area contributed by atoms with Gasteiger partial charge in [-0.1, -0.05) is 0 Å². The van der Waals surface area contributed by atoms with Crippen LogP contribution < -0.4 is 10.1 Å². The second kappa shape index (κ2) is 7.59. The number of nitrogens with zero attached hydrogens (tertiary/aromatic N) is 3. The number of hydrogen-bond donors (Lipinski definition) is 1. The summed E-state index contributed by atoms with van der Waals surface area (Å²) in [6, 6.07) is 0.290. The summed E-state index contributed by atoms with van der Waals surface area (Å²) in [7, 11) is -0.805. The summed E-state index contributed by atoms with van der Waals surface area (Å²) in [6.45, 7) is 5.72. The van der Waals surface area contributed by atoms with Crippen LogP contribution in [0.25, 0.3) is 0 Å². The molecule has 1 aromatic heterocycles. The largest absolute Gasteiger partial charge is 0.461 e. The molecule has 1 rings (SSSR count). The van der Waals surface area contributed by atoms with Crippen molar-refractivity contribution in [2.75, 3.05) is 17.3 Å². The van der Waals surface area contributed by atoms with Crippen molar-refractivity contribution in [3.8, 4) is 6.01 Å². The van der Waals surface area contributed by atoms with Crippen LogP contribution in [-0.2, 0) is 10.8 Å². The van der Waals surface area contributed by atoms with Crippen LogP contribution in [0.15, 0.2) is 0 Å². The van der Waals surface area contributed by atoms with Gasteiger partial charge in [-0.25, -0.2) is 0 Å². The fourth-order valence-corrected chi connectivity index (χ4v) is 2.13. The van der Waals surface area contributed by atoms with Crippen LogP contribution in [0, 0.1) is 0 Å². The molecule has 0 aliphatic rings. The second-order valence-corrected chi connectivity index (χ2v) is 6.38. The monoisotopic (exact) mass is 306 g/mol. The molecule has 0 amide bonds. The van der Waals surface area contributed by atoms with Crippen molar-refractivity contribution in [2.24, 2.45) is 0 Å². The van der Waals surface area contributed by atoms with E-state index in [2.05, 4.69) is 20.3 Å². The summed E-state index contributed by atoms with van der Waals surface area (Å²) in [6.07, 6.45) is 2.40. The highest BCUT2D eigenvalue weighted by Crippen LogP contribution is 2.13. The zero-order chi connectivity index (χ0) is 14.4. The highest BCUT2D eigenvalue weighted by Gasteiger charge is 2.10. The van der Waals surface area contributed by atoms with Crippen molar-refractivity contribution in [2.45, 2.75) is 39.3 Å². The van der Waals surface area contributed by atoms with Crippen LogP contribution >= 0.6 is 11.6 Å². The highest BCUT2D eigenvalue weighted by molar-refractivity contribution is 7.84. The summed E-state index contributed by atoms with van der Waals surface area (Å²) < 4.78 is 16.4. The maximum atomic E-state index is 11.0. The Morgan fingerprint density at radius 3 is 2.58 bits per heavy atom. The molecular weight excluding hydrogens is 288 g/mol. The van der Waals surface area contributed by atoms with Gasteiger partial charge in [0.2, 0.25) is 11.2 Å². The molecule has 0 saturated heterocycles. The fourth-order valence-electron chi connectivity index (χ4n) is 1.30. The number of rotatable bonds is 7. The average molecular weight is 307 g/mol. The molecule has 8 heteroatoms. The summed E-state index contributed by atoms with van der Waals surface area (Å²) in [5, 5.41) is 3.17. The van der Waals surface area contributed by atoms with Crippen LogP contribution in [0.2, 0.25) is 5.28 Å². The minimum atomic E-state index is -0.805. The van der Waals surface area contributed by atoms with Gasteiger partial charge in [-0.2, -0.15) is 15.0 Å². The van der Waals surface area contributed by atoms with Crippen molar-refractivity contribution < 1.29 is 8.95 Å². The lowest BCUT2D eigenvalue weighted by Gasteiger charge is -2.14. The Balaban J connectivity index is 2.66. The number of aromatic nitrogens is 3. The zero-order valence-electron chi connectivity index (χ0n) is 11.5. The minimum absolute atomic E-state index is 0.0359. The predicted octanol–water partition coefficient (Wildman–Crippen LogP) is 1.88. The Morgan fingerprint density at radius 2 is 2.00 bits per heavy atom. The molecule has 19 heavy (non-hydrogen) atoms. The van der Waals surface area contributed by atoms with E-state index in [-0.39, 0.29) is 23.4 Å². The van der Waals surface area contributed by atoms with E-state index in [0.717, 1.165) is 6.42 Å². The third kappa shape index (κ3) is 6.68. The van der Waals surface area contributed by atoms with E-state index < -0.39 is 10.8 Å². The Hall–Kier alpha value is -0.950. The quantitative estimate of drug-likeness (QED) is 0.829. The second-order valence-electron chi connectivity index (χ2n) is 4.49. The lowest BCUT2D eigenvalue weighted by Crippen LogP contribution is -2.20. The van der Waals surface area contributed by atoms with E-state index in [4.69, 9.17) is 16.3 Å². The summed E-state index contributed by atoms with van der Waals surface area (Å²) in [5.41, 5.74) is 0. The molecule has 1 heterocycles. The summed E-state index contributed by atoms with van der Waals surface area (Å²) in [4.78, 5) is 12.0. The van der Waals surface area contributed by atoms with Crippen LogP contribution in [-0.4, -0.2) is 43.3 Å². The summed E-state index contributed by atoms with van der Waals surface area (Å²) >= 11 is 5.81. The lowest BCUT2D eigenvalue weighted by atomic mass is 10.3. The number of anilines is 1. The SMILES string of the molecule is CC(CCS(C)=O)Nc1nc(Cl)nc(OC(C)C)n1. The highest BCUT2D eigenvalue weighted by atomic mass is 35.5. The van der Waals surface area contributed by atoms with E-state index in [9.17, 15) is 4.21 Å². The molecule has 2 atom stereocenters. The van der Waals surface area contributed by atoms with Gasteiger partial charge in [-0.3, -0.25) is 4.21 Å². The van der Waals surface area contributed by atoms with Gasteiger partial charge in [0.25, 0.3) is 0 Å². The molecule has 0 aliphatic heterocycles. The molecule has 0 radical (unpaired) electrons. The minimum Gasteiger partial charge on any atom is -0.461 e. The Morgan fingerprint density at radius 1 is 1.32 bits per heavy atom. The predicted molar refractivity (Wildman–Crippen MR) is 77.2 cm³/mol. The van der Waals surface area contributed by atoms with E-state index in [1.807, 2.05) is 20.8 Å². The standard InChI is InChI=1S/C11H19ClN4O2S/c1-7(2)18-11-15-9(12)14-10(16-11)13-8(3)5-6-19(4)17/h7-8H,5-6H2,1-4H3,(H,13,14,15,16). The molecule has 0 fully saturated rings. The molecule has 108 valence electrons. The van der Waals surface area contributed by atoms with Crippen LogP contribution in [0.1, 0.15) is 27.2 Å². The molecule has 0 saturated carbocycles. The Labute approximate surface area is 120 Å². The van der Waals surface area contributed by atoms with Crippen LogP contribution in [0.4, 0.5) is 5.95 Å². The molecule has 0 aromatic carbocycles. The first-order valence-electron chi connectivity index (χ1n) is 6.01.